The van der Waals surface area contributed by atoms with Gasteiger partial charge in [0.2, 0.25) is 12.7 Å². The first-order valence-corrected chi connectivity index (χ1v) is 8.57. The van der Waals surface area contributed by atoms with Crippen molar-refractivity contribution in [3.8, 4) is 11.5 Å². The Morgan fingerprint density at radius 3 is 2.66 bits per heavy atom. The highest BCUT2D eigenvalue weighted by Gasteiger charge is 2.49. The van der Waals surface area contributed by atoms with Gasteiger partial charge in [-0.2, -0.15) is 0 Å². The highest BCUT2D eigenvalue weighted by atomic mass is 19.2. The van der Waals surface area contributed by atoms with Crippen molar-refractivity contribution in [3.63, 3.8) is 0 Å². The minimum absolute atomic E-state index is 0.000475. The first kappa shape index (κ1) is 18.7. The van der Waals surface area contributed by atoms with E-state index in [-0.39, 0.29) is 12.5 Å². The van der Waals surface area contributed by atoms with E-state index in [0.29, 0.717) is 17.1 Å². The van der Waals surface area contributed by atoms with E-state index < -0.39 is 41.6 Å². The molecule has 0 radical (unpaired) electrons. The molecule has 29 heavy (non-hydrogen) atoms. The summed E-state index contributed by atoms with van der Waals surface area (Å²) in [5.41, 5.74) is -0.941. The summed E-state index contributed by atoms with van der Waals surface area (Å²) in [6.45, 7) is 0.980. The van der Waals surface area contributed by atoms with Gasteiger partial charge in [0.1, 0.15) is 12.1 Å². The third-order valence-electron chi connectivity index (χ3n) is 4.73. The molecule has 0 unspecified atom stereocenters. The predicted molar refractivity (Wildman–Crippen MR) is 95.1 cm³/mol. The molecule has 2 aliphatic heterocycles. The number of benzene rings is 2. The van der Waals surface area contributed by atoms with Gasteiger partial charge in [0.05, 0.1) is 0 Å². The number of carbonyl (C=O) groups is 3. The van der Waals surface area contributed by atoms with Crippen molar-refractivity contribution in [2.24, 2.45) is 0 Å². The Balaban J connectivity index is 1.50. The SMILES string of the molecule is C[C@@]1(c2ccc3c(c2)OCO3)NC(=O)N(CC(=O)Nc2ccc(F)c(F)c2)C1=O. The highest BCUT2D eigenvalue weighted by molar-refractivity contribution is 6.10. The van der Waals surface area contributed by atoms with Crippen LogP contribution in [0.5, 0.6) is 11.5 Å². The summed E-state index contributed by atoms with van der Waals surface area (Å²) in [5, 5.41) is 4.90. The van der Waals surface area contributed by atoms with Crippen LogP contribution in [0.4, 0.5) is 19.3 Å². The van der Waals surface area contributed by atoms with Crippen LogP contribution < -0.4 is 20.1 Å². The molecular weight excluding hydrogens is 388 g/mol. The van der Waals surface area contributed by atoms with E-state index in [4.69, 9.17) is 9.47 Å². The van der Waals surface area contributed by atoms with Crippen molar-refractivity contribution >= 4 is 23.5 Å². The largest absolute Gasteiger partial charge is 0.454 e. The Bertz CT molecular complexity index is 1040. The second-order valence-corrected chi connectivity index (χ2v) is 6.69. The predicted octanol–water partition coefficient (Wildman–Crippen LogP) is 2.10. The zero-order valence-corrected chi connectivity index (χ0v) is 15.1. The molecule has 2 heterocycles. The number of rotatable bonds is 4. The number of nitrogens with zero attached hydrogens (tertiary/aromatic N) is 1. The molecule has 2 aromatic carbocycles. The van der Waals surface area contributed by atoms with E-state index in [9.17, 15) is 23.2 Å². The quantitative estimate of drug-likeness (QED) is 0.763. The molecular formula is C19H15F2N3O5. The molecule has 1 saturated heterocycles. The zero-order chi connectivity index (χ0) is 20.8. The van der Waals surface area contributed by atoms with Crippen LogP contribution in [-0.4, -0.2) is 36.1 Å². The molecule has 4 rings (SSSR count). The number of imide groups is 1. The van der Waals surface area contributed by atoms with E-state index in [1.807, 2.05) is 0 Å². The third kappa shape index (κ3) is 3.22. The number of hydrogen-bond acceptors (Lipinski definition) is 5. The fourth-order valence-electron chi connectivity index (χ4n) is 3.16. The van der Waals surface area contributed by atoms with Crippen LogP contribution in [0.2, 0.25) is 0 Å². The van der Waals surface area contributed by atoms with Gasteiger partial charge in [-0.1, -0.05) is 6.07 Å². The average Bonchev–Trinajstić information content (AvgIpc) is 3.23. The normalized spacial score (nSPS) is 20.0. The van der Waals surface area contributed by atoms with Gasteiger partial charge < -0.3 is 20.1 Å². The first-order chi connectivity index (χ1) is 13.8. The molecule has 0 saturated carbocycles. The van der Waals surface area contributed by atoms with Gasteiger partial charge in [-0.05, 0) is 36.8 Å². The number of fused-ring (bicyclic) bond motifs is 1. The molecule has 2 aliphatic rings. The Morgan fingerprint density at radius 1 is 1.14 bits per heavy atom. The minimum atomic E-state index is -1.40. The van der Waals surface area contributed by atoms with Crippen LogP contribution in [0.3, 0.4) is 0 Å². The third-order valence-corrected chi connectivity index (χ3v) is 4.73. The maximum atomic E-state index is 13.3. The molecule has 0 spiro atoms. The van der Waals surface area contributed by atoms with E-state index >= 15 is 0 Å². The summed E-state index contributed by atoms with van der Waals surface area (Å²) in [6.07, 6.45) is 0. The number of amides is 4. The standard InChI is InChI=1S/C19H15F2N3O5/c1-19(10-2-5-14-15(6-10)29-9-28-14)17(26)24(18(27)23-19)8-16(25)22-11-3-4-12(20)13(21)7-11/h2-7H,8-9H2,1H3,(H,22,25)(H,23,27)/t19-/m0/s1. The lowest BCUT2D eigenvalue weighted by atomic mass is 9.91. The second-order valence-electron chi connectivity index (χ2n) is 6.69. The van der Waals surface area contributed by atoms with Crippen LogP contribution >= 0.6 is 0 Å². The number of nitrogens with one attached hydrogen (secondary N) is 2. The van der Waals surface area contributed by atoms with Crippen LogP contribution in [0, 0.1) is 11.6 Å². The lowest BCUT2D eigenvalue weighted by Gasteiger charge is -2.22. The Kier molecular flexibility index (Phi) is 4.33. The maximum absolute atomic E-state index is 13.3. The van der Waals surface area contributed by atoms with Crippen molar-refractivity contribution in [2.45, 2.75) is 12.5 Å². The number of urea groups is 1. The van der Waals surface area contributed by atoms with E-state index in [0.717, 1.165) is 17.0 Å². The lowest BCUT2D eigenvalue weighted by Crippen LogP contribution is -2.42. The van der Waals surface area contributed by atoms with E-state index in [2.05, 4.69) is 10.6 Å². The fourth-order valence-corrected chi connectivity index (χ4v) is 3.16. The number of halogens is 2. The van der Waals surface area contributed by atoms with Crippen LogP contribution in [-0.2, 0) is 15.1 Å². The highest BCUT2D eigenvalue weighted by Crippen LogP contribution is 2.37. The van der Waals surface area contributed by atoms with E-state index in [1.165, 1.54) is 13.0 Å². The fraction of sp³-hybridized carbons (Fsp3) is 0.211. The van der Waals surface area contributed by atoms with Crippen molar-refractivity contribution in [3.05, 3.63) is 53.6 Å². The number of ether oxygens (including phenoxy) is 2. The van der Waals surface area contributed by atoms with Crippen molar-refractivity contribution in [1.29, 1.82) is 0 Å². The minimum Gasteiger partial charge on any atom is -0.454 e. The number of carbonyl (C=O) groups excluding carboxylic acids is 3. The Labute approximate surface area is 163 Å². The second kappa shape index (κ2) is 6.73. The van der Waals surface area contributed by atoms with Crippen LogP contribution in [0.15, 0.2) is 36.4 Å². The van der Waals surface area contributed by atoms with Crippen LogP contribution in [0.1, 0.15) is 12.5 Å². The monoisotopic (exact) mass is 403 g/mol. The Morgan fingerprint density at radius 2 is 1.90 bits per heavy atom. The average molecular weight is 403 g/mol. The maximum Gasteiger partial charge on any atom is 0.325 e. The van der Waals surface area contributed by atoms with Crippen molar-refractivity contribution in [1.82, 2.24) is 10.2 Å². The topological polar surface area (TPSA) is 97.0 Å². The van der Waals surface area contributed by atoms with E-state index in [1.54, 1.807) is 18.2 Å². The molecule has 1 fully saturated rings. The molecule has 2 aromatic rings. The van der Waals surface area contributed by atoms with Crippen molar-refractivity contribution < 1.29 is 32.6 Å². The molecule has 10 heteroatoms. The molecule has 0 aromatic heterocycles. The molecule has 4 amide bonds. The van der Waals surface area contributed by atoms with Gasteiger partial charge in [0.25, 0.3) is 5.91 Å². The van der Waals surface area contributed by atoms with Gasteiger partial charge in [-0.15, -0.1) is 0 Å². The molecule has 1 atom stereocenters. The Hall–Kier alpha value is -3.69. The summed E-state index contributed by atoms with van der Waals surface area (Å²) in [7, 11) is 0. The van der Waals surface area contributed by atoms with Crippen molar-refractivity contribution in [2.75, 3.05) is 18.7 Å². The van der Waals surface area contributed by atoms with Gasteiger partial charge >= 0.3 is 6.03 Å². The summed E-state index contributed by atoms with van der Waals surface area (Å²) >= 11 is 0. The van der Waals surface area contributed by atoms with Gasteiger partial charge in [0, 0.05) is 11.8 Å². The number of anilines is 1. The molecule has 150 valence electrons. The van der Waals surface area contributed by atoms with Gasteiger partial charge in [0.15, 0.2) is 23.1 Å². The first-order valence-electron chi connectivity index (χ1n) is 8.57. The summed E-state index contributed by atoms with van der Waals surface area (Å²) in [5.74, 6) is -2.60. The molecule has 0 bridgehead atoms. The summed E-state index contributed by atoms with van der Waals surface area (Å²) in [6, 6.07) is 6.91. The summed E-state index contributed by atoms with van der Waals surface area (Å²) in [4.78, 5) is 38.2. The number of hydrogen-bond donors (Lipinski definition) is 2. The smallest absolute Gasteiger partial charge is 0.325 e. The summed E-state index contributed by atoms with van der Waals surface area (Å²) < 4.78 is 36.8. The molecule has 0 aliphatic carbocycles. The molecule has 2 N–H and O–H groups in total. The van der Waals surface area contributed by atoms with Gasteiger partial charge in [-0.25, -0.2) is 13.6 Å². The molecule has 8 nitrogen and oxygen atoms in total. The zero-order valence-electron chi connectivity index (χ0n) is 15.1. The van der Waals surface area contributed by atoms with Crippen LogP contribution in [0.25, 0.3) is 0 Å². The lowest BCUT2D eigenvalue weighted by molar-refractivity contribution is -0.133. The van der Waals surface area contributed by atoms with Gasteiger partial charge in [-0.3, -0.25) is 14.5 Å².